The number of hydrogen-bond acceptors (Lipinski definition) is 8. The minimum atomic E-state index is -2.84. The summed E-state index contributed by atoms with van der Waals surface area (Å²) in [6.07, 6.45) is 2.59. The molecule has 0 aliphatic rings. The Balaban J connectivity index is 5.14. The Labute approximate surface area is 187 Å². The molecule has 0 saturated heterocycles. The van der Waals surface area contributed by atoms with Crippen LogP contribution in [0.25, 0.3) is 0 Å². The van der Waals surface area contributed by atoms with Gasteiger partial charge in [-0.05, 0) is 79.8 Å². The lowest BCUT2D eigenvalue weighted by Crippen LogP contribution is -2.50. The van der Waals surface area contributed by atoms with Gasteiger partial charge in [-0.15, -0.1) is 0 Å². The molecule has 0 rings (SSSR count). The third kappa shape index (κ3) is 11.7. The Morgan fingerprint density at radius 1 is 0.700 bits per heavy atom. The van der Waals surface area contributed by atoms with E-state index >= 15 is 0 Å². The highest BCUT2D eigenvalue weighted by Gasteiger charge is 2.45. The van der Waals surface area contributed by atoms with Crippen LogP contribution in [0.2, 0.25) is 12.1 Å². The van der Waals surface area contributed by atoms with Gasteiger partial charge in [-0.25, -0.2) is 0 Å². The molecule has 0 heterocycles. The summed E-state index contributed by atoms with van der Waals surface area (Å²) in [5, 5.41) is 0. The minimum absolute atomic E-state index is 0.00730. The highest BCUT2D eigenvalue weighted by molar-refractivity contribution is 6.61. The summed E-state index contributed by atoms with van der Waals surface area (Å²) in [6.45, 7) is 15.9. The number of hydrogen-bond donors (Lipinski definition) is 2. The maximum absolute atomic E-state index is 6.35. The van der Waals surface area contributed by atoms with Gasteiger partial charge in [-0.2, -0.15) is 0 Å². The van der Waals surface area contributed by atoms with Crippen molar-refractivity contribution in [2.45, 2.75) is 79.0 Å². The van der Waals surface area contributed by atoms with Gasteiger partial charge in [0, 0.05) is 51.2 Å². The Bertz CT molecular complexity index is 386. The highest BCUT2D eigenvalue weighted by Crippen LogP contribution is 2.28. The SMILES string of the molecule is CCO[Si](CCCC(CN)C[Si](OCC)(OCC)OC(C)CCN)(OCC)OCC. The molecule has 182 valence electrons. The molecule has 0 aliphatic heterocycles. The van der Waals surface area contributed by atoms with Crippen molar-refractivity contribution in [2.24, 2.45) is 17.4 Å². The van der Waals surface area contributed by atoms with Crippen LogP contribution >= 0.6 is 0 Å². The summed E-state index contributed by atoms with van der Waals surface area (Å²) < 4.78 is 36.5. The molecule has 8 nitrogen and oxygen atoms in total. The van der Waals surface area contributed by atoms with Crippen LogP contribution in [0.1, 0.15) is 60.8 Å². The Morgan fingerprint density at radius 2 is 1.17 bits per heavy atom. The number of rotatable bonds is 21. The van der Waals surface area contributed by atoms with Gasteiger partial charge >= 0.3 is 17.6 Å². The van der Waals surface area contributed by atoms with Gasteiger partial charge in [0.15, 0.2) is 0 Å². The van der Waals surface area contributed by atoms with Crippen LogP contribution in [0.5, 0.6) is 0 Å². The van der Waals surface area contributed by atoms with E-state index in [1.165, 1.54) is 0 Å². The molecule has 2 unspecified atom stereocenters. The lowest BCUT2D eigenvalue weighted by Gasteiger charge is -2.34. The molecule has 0 amide bonds. The lowest BCUT2D eigenvalue weighted by atomic mass is 10.1. The maximum atomic E-state index is 6.35. The summed E-state index contributed by atoms with van der Waals surface area (Å²) in [5.41, 5.74) is 11.8. The first kappa shape index (κ1) is 30.1. The summed E-state index contributed by atoms with van der Waals surface area (Å²) >= 11 is 0. The second-order valence-corrected chi connectivity index (χ2v) is 12.6. The summed E-state index contributed by atoms with van der Waals surface area (Å²) in [7, 11) is -5.48. The number of nitrogens with two attached hydrogens (primary N) is 2. The van der Waals surface area contributed by atoms with Crippen molar-refractivity contribution in [1.82, 2.24) is 0 Å². The zero-order valence-electron chi connectivity index (χ0n) is 20.2. The van der Waals surface area contributed by atoms with Crippen molar-refractivity contribution >= 4 is 17.6 Å². The quantitative estimate of drug-likeness (QED) is 0.247. The van der Waals surface area contributed by atoms with Gasteiger partial charge < -0.3 is 38.0 Å². The van der Waals surface area contributed by atoms with Gasteiger partial charge in [0.25, 0.3) is 0 Å². The molecule has 2 atom stereocenters. The van der Waals surface area contributed by atoms with Crippen molar-refractivity contribution in [1.29, 1.82) is 0 Å². The molecule has 0 bridgehead atoms. The Kier molecular flexibility index (Phi) is 17.7. The van der Waals surface area contributed by atoms with Gasteiger partial charge in [-0.1, -0.05) is 0 Å². The van der Waals surface area contributed by atoms with Crippen molar-refractivity contribution in [3.63, 3.8) is 0 Å². The van der Waals surface area contributed by atoms with Crippen molar-refractivity contribution in [3.8, 4) is 0 Å². The normalized spacial score (nSPS) is 14.8. The average Bonchev–Trinajstić information content (AvgIpc) is 2.68. The second kappa shape index (κ2) is 17.6. The van der Waals surface area contributed by atoms with Crippen molar-refractivity contribution in [3.05, 3.63) is 0 Å². The van der Waals surface area contributed by atoms with E-state index in [4.69, 9.17) is 38.0 Å². The van der Waals surface area contributed by atoms with E-state index in [0.717, 1.165) is 25.3 Å². The van der Waals surface area contributed by atoms with Crippen LogP contribution in [0.3, 0.4) is 0 Å². The molecule has 0 spiro atoms. The monoisotopic (exact) mass is 468 g/mol. The molecule has 0 fully saturated rings. The molecule has 0 aromatic carbocycles. The molecule has 10 heteroatoms. The maximum Gasteiger partial charge on any atom is 0.501 e. The first-order chi connectivity index (χ1) is 14.4. The smallest absolute Gasteiger partial charge is 0.374 e. The summed E-state index contributed by atoms with van der Waals surface area (Å²) in [6, 6.07) is 1.48. The van der Waals surface area contributed by atoms with Gasteiger partial charge in [0.05, 0.1) is 0 Å². The predicted octanol–water partition coefficient (Wildman–Crippen LogP) is 3.16. The van der Waals surface area contributed by atoms with Crippen LogP contribution in [0.15, 0.2) is 0 Å². The molecule has 4 N–H and O–H groups in total. The van der Waals surface area contributed by atoms with E-state index in [1.54, 1.807) is 0 Å². The van der Waals surface area contributed by atoms with Crippen LogP contribution in [-0.4, -0.2) is 69.8 Å². The first-order valence-corrected chi connectivity index (χ1v) is 15.5. The fourth-order valence-electron chi connectivity index (χ4n) is 3.58. The standard InChI is InChI=1S/C20H48N2O6Si2/c1-7-23-29(24-8-2,25-9-3)16-12-13-20(17-22)18-30(26-10-4,27-11-5)28-19(6)14-15-21/h19-20H,7-18,21-22H2,1-6H3. The topological polar surface area (TPSA) is 107 Å². The van der Waals surface area contributed by atoms with E-state index in [9.17, 15) is 0 Å². The van der Waals surface area contributed by atoms with Crippen LogP contribution in [0, 0.1) is 5.92 Å². The molecule has 30 heavy (non-hydrogen) atoms. The molecule has 0 aromatic rings. The third-order valence-electron chi connectivity index (χ3n) is 4.74. The third-order valence-corrected chi connectivity index (χ3v) is 11.2. The van der Waals surface area contributed by atoms with E-state index < -0.39 is 17.6 Å². The minimum Gasteiger partial charge on any atom is -0.374 e. The largest absolute Gasteiger partial charge is 0.501 e. The van der Waals surface area contributed by atoms with Crippen LogP contribution < -0.4 is 11.5 Å². The van der Waals surface area contributed by atoms with E-state index in [1.807, 2.05) is 41.5 Å². The van der Waals surface area contributed by atoms with Gasteiger partial charge in [-0.3, -0.25) is 0 Å². The summed E-state index contributed by atoms with van der Waals surface area (Å²) in [4.78, 5) is 0. The predicted molar refractivity (Wildman–Crippen MR) is 125 cm³/mol. The highest BCUT2D eigenvalue weighted by atomic mass is 28.4. The van der Waals surface area contributed by atoms with Crippen LogP contribution in [-0.2, 0) is 26.6 Å². The van der Waals surface area contributed by atoms with E-state index in [0.29, 0.717) is 52.2 Å². The van der Waals surface area contributed by atoms with Gasteiger partial charge in [0.1, 0.15) is 0 Å². The molecule has 0 saturated carbocycles. The molecule has 0 aliphatic carbocycles. The second-order valence-electron chi connectivity index (χ2n) is 7.23. The molecule has 0 aromatic heterocycles. The fraction of sp³-hybridized carbons (Fsp3) is 1.00. The van der Waals surface area contributed by atoms with E-state index in [2.05, 4.69) is 0 Å². The average molecular weight is 469 g/mol. The molecular weight excluding hydrogens is 420 g/mol. The zero-order valence-corrected chi connectivity index (χ0v) is 22.2. The van der Waals surface area contributed by atoms with Gasteiger partial charge in [0.2, 0.25) is 0 Å². The van der Waals surface area contributed by atoms with Crippen molar-refractivity contribution in [2.75, 3.05) is 46.1 Å². The van der Waals surface area contributed by atoms with E-state index in [-0.39, 0.29) is 12.0 Å². The van der Waals surface area contributed by atoms with Crippen LogP contribution in [0.4, 0.5) is 0 Å². The zero-order chi connectivity index (χ0) is 22.9. The Morgan fingerprint density at radius 3 is 1.57 bits per heavy atom. The summed E-state index contributed by atoms with van der Waals surface area (Å²) in [5.74, 6) is 0.233. The lowest BCUT2D eigenvalue weighted by molar-refractivity contribution is 0.0328. The first-order valence-electron chi connectivity index (χ1n) is 11.7. The Hall–Kier alpha value is 0.114. The van der Waals surface area contributed by atoms with Crippen molar-refractivity contribution < 1.29 is 26.6 Å². The molecular formula is C20H48N2O6Si2. The molecule has 0 radical (unpaired) electrons. The fourth-order valence-corrected chi connectivity index (χ4v) is 9.46.